The molecule has 0 aliphatic carbocycles. The third-order valence-corrected chi connectivity index (χ3v) is 3.29. The van der Waals surface area contributed by atoms with E-state index in [9.17, 15) is 14.4 Å². The van der Waals surface area contributed by atoms with Crippen molar-refractivity contribution in [3.8, 4) is 0 Å². The Balaban J connectivity index is 2.23. The van der Waals surface area contributed by atoms with E-state index in [2.05, 4.69) is 5.32 Å². The molecule has 2 saturated heterocycles. The summed E-state index contributed by atoms with van der Waals surface area (Å²) in [4.78, 5) is 35.3. The topological polar surface area (TPSA) is 95.9 Å². The van der Waals surface area contributed by atoms with E-state index in [1.165, 1.54) is 0 Å². The summed E-state index contributed by atoms with van der Waals surface area (Å²) >= 11 is 0. The van der Waals surface area contributed by atoms with E-state index in [1.807, 2.05) is 13.8 Å². The maximum Gasteiger partial charge on any atom is 0.325 e. The standard InChI is InChI=1S/C11H16N2O5/c1-10(2)6-11(3-4-18-10)8(16)13(5-7(14)15)9(17)12-11/h3-6H2,1-2H3,(H,12,17)(H,14,15). The van der Waals surface area contributed by atoms with Gasteiger partial charge in [-0.05, 0) is 13.8 Å². The molecule has 0 radical (unpaired) electrons. The minimum absolute atomic E-state index is 0.348. The molecule has 2 aliphatic heterocycles. The summed E-state index contributed by atoms with van der Waals surface area (Å²) in [5.41, 5.74) is -1.52. The Labute approximate surface area is 104 Å². The van der Waals surface area contributed by atoms with Gasteiger partial charge >= 0.3 is 12.0 Å². The predicted octanol–water partition coefficient (Wildman–Crippen LogP) is -0.0494. The van der Waals surface area contributed by atoms with E-state index >= 15 is 0 Å². The lowest BCUT2D eigenvalue weighted by molar-refractivity contribution is -0.147. The van der Waals surface area contributed by atoms with Crippen molar-refractivity contribution in [2.24, 2.45) is 0 Å². The molecule has 2 aliphatic rings. The molecule has 2 fully saturated rings. The summed E-state index contributed by atoms with van der Waals surface area (Å²) in [6, 6.07) is -0.639. The number of imide groups is 1. The number of rotatable bonds is 2. The molecule has 100 valence electrons. The first kappa shape index (κ1) is 12.8. The lowest BCUT2D eigenvalue weighted by atomic mass is 9.81. The van der Waals surface area contributed by atoms with Gasteiger partial charge in [0.05, 0.1) is 12.2 Å². The largest absolute Gasteiger partial charge is 0.480 e. The quantitative estimate of drug-likeness (QED) is 0.675. The number of carboxylic acid groups (broad SMARTS) is 1. The first-order valence-corrected chi connectivity index (χ1v) is 5.76. The molecule has 2 N–H and O–H groups in total. The summed E-state index contributed by atoms with van der Waals surface area (Å²) < 4.78 is 5.51. The van der Waals surface area contributed by atoms with Crippen LogP contribution in [0, 0.1) is 0 Å². The molecule has 3 amide bonds. The fraction of sp³-hybridized carbons (Fsp3) is 0.727. The van der Waals surface area contributed by atoms with Crippen molar-refractivity contribution >= 4 is 17.9 Å². The SMILES string of the molecule is CC1(C)CC2(CCO1)NC(=O)N(CC(=O)O)C2=O. The highest BCUT2D eigenvalue weighted by Gasteiger charge is 2.55. The zero-order chi connectivity index (χ0) is 13.6. The Morgan fingerprint density at radius 1 is 1.50 bits per heavy atom. The smallest absolute Gasteiger partial charge is 0.325 e. The normalized spacial score (nSPS) is 30.7. The number of urea groups is 1. The van der Waals surface area contributed by atoms with Gasteiger partial charge in [-0.2, -0.15) is 0 Å². The molecule has 0 aromatic carbocycles. The molecule has 1 unspecified atom stereocenters. The number of hydrogen-bond donors (Lipinski definition) is 2. The van der Waals surface area contributed by atoms with Crippen molar-refractivity contribution in [3.05, 3.63) is 0 Å². The van der Waals surface area contributed by atoms with Crippen LogP contribution in [0.4, 0.5) is 4.79 Å². The monoisotopic (exact) mass is 256 g/mol. The Morgan fingerprint density at radius 3 is 2.72 bits per heavy atom. The Bertz CT molecular complexity index is 420. The van der Waals surface area contributed by atoms with E-state index in [4.69, 9.17) is 9.84 Å². The first-order chi connectivity index (χ1) is 8.26. The molecule has 2 rings (SSSR count). The molecule has 0 bridgehead atoms. The Hall–Kier alpha value is -1.63. The number of ether oxygens (including phenoxy) is 1. The maximum atomic E-state index is 12.2. The molecule has 2 heterocycles. The zero-order valence-electron chi connectivity index (χ0n) is 10.4. The van der Waals surface area contributed by atoms with Gasteiger partial charge in [-0.3, -0.25) is 14.5 Å². The van der Waals surface area contributed by atoms with Crippen LogP contribution in [-0.2, 0) is 14.3 Å². The number of carbonyl (C=O) groups is 3. The van der Waals surface area contributed by atoms with Gasteiger partial charge in [0.2, 0.25) is 0 Å². The van der Waals surface area contributed by atoms with Crippen LogP contribution in [0.5, 0.6) is 0 Å². The van der Waals surface area contributed by atoms with Crippen LogP contribution in [0.3, 0.4) is 0 Å². The first-order valence-electron chi connectivity index (χ1n) is 5.76. The average molecular weight is 256 g/mol. The second-order valence-corrected chi connectivity index (χ2v) is 5.33. The van der Waals surface area contributed by atoms with Crippen LogP contribution < -0.4 is 5.32 Å². The molecule has 18 heavy (non-hydrogen) atoms. The van der Waals surface area contributed by atoms with Crippen LogP contribution >= 0.6 is 0 Å². The van der Waals surface area contributed by atoms with Crippen LogP contribution in [0.25, 0.3) is 0 Å². The number of carbonyl (C=O) groups excluding carboxylic acids is 2. The fourth-order valence-corrected chi connectivity index (χ4v) is 2.61. The summed E-state index contributed by atoms with van der Waals surface area (Å²) in [5.74, 6) is -1.67. The van der Waals surface area contributed by atoms with Gasteiger partial charge in [-0.25, -0.2) is 4.79 Å². The Morgan fingerprint density at radius 2 is 2.17 bits per heavy atom. The summed E-state index contributed by atoms with van der Waals surface area (Å²) in [6.45, 7) is 3.44. The predicted molar refractivity (Wildman–Crippen MR) is 59.9 cm³/mol. The number of aliphatic carboxylic acids is 1. The third kappa shape index (κ3) is 2.05. The summed E-state index contributed by atoms with van der Waals surface area (Å²) in [5, 5.41) is 11.3. The second-order valence-electron chi connectivity index (χ2n) is 5.33. The molecule has 1 atom stereocenters. The molecular formula is C11H16N2O5. The number of carboxylic acids is 1. The second kappa shape index (κ2) is 3.94. The number of amides is 3. The highest BCUT2D eigenvalue weighted by molar-refractivity contribution is 6.08. The molecule has 0 aromatic heterocycles. The van der Waals surface area contributed by atoms with Gasteiger partial charge in [0.25, 0.3) is 5.91 Å². The van der Waals surface area contributed by atoms with Gasteiger partial charge in [0.15, 0.2) is 0 Å². The molecule has 0 aromatic rings. The summed E-state index contributed by atoms with van der Waals surface area (Å²) in [6.07, 6.45) is 0.720. The molecule has 1 spiro atoms. The van der Waals surface area contributed by atoms with Crippen LogP contribution in [0.1, 0.15) is 26.7 Å². The van der Waals surface area contributed by atoms with Crippen molar-refractivity contribution in [2.45, 2.75) is 37.8 Å². The zero-order valence-corrected chi connectivity index (χ0v) is 10.4. The highest BCUT2D eigenvalue weighted by Crippen LogP contribution is 2.36. The van der Waals surface area contributed by atoms with Gasteiger partial charge in [-0.15, -0.1) is 0 Å². The molecule has 7 heteroatoms. The van der Waals surface area contributed by atoms with Gasteiger partial charge in [0.1, 0.15) is 12.1 Å². The summed E-state index contributed by atoms with van der Waals surface area (Å²) in [7, 11) is 0. The lowest BCUT2D eigenvalue weighted by Gasteiger charge is -2.40. The lowest BCUT2D eigenvalue weighted by Crippen LogP contribution is -2.56. The maximum absolute atomic E-state index is 12.2. The minimum atomic E-state index is -1.21. The number of nitrogens with one attached hydrogen (secondary N) is 1. The fourth-order valence-electron chi connectivity index (χ4n) is 2.61. The van der Waals surface area contributed by atoms with Gasteiger partial charge in [-0.1, -0.05) is 0 Å². The molecule has 7 nitrogen and oxygen atoms in total. The van der Waals surface area contributed by atoms with E-state index in [1.54, 1.807) is 0 Å². The molecule has 0 saturated carbocycles. The van der Waals surface area contributed by atoms with Crippen molar-refractivity contribution in [1.29, 1.82) is 0 Å². The average Bonchev–Trinajstić information content (AvgIpc) is 2.41. The van der Waals surface area contributed by atoms with Crippen LogP contribution in [0.15, 0.2) is 0 Å². The van der Waals surface area contributed by atoms with Crippen LogP contribution in [-0.4, -0.2) is 52.2 Å². The van der Waals surface area contributed by atoms with E-state index in [0.29, 0.717) is 19.4 Å². The van der Waals surface area contributed by atoms with Gasteiger partial charge < -0.3 is 15.2 Å². The van der Waals surface area contributed by atoms with Crippen molar-refractivity contribution in [1.82, 2.24) is 10.2 Å². The minimum Gasteiger partial charge on any atom is -0.480 e. The van der Waals surface area contributed by atoms with Gasteiger partial charge in [0, 0.05) is 12.8 Å². The molecular weight excluding hydrogens is 240 g/mol. The van der Waals surface area contributed by atoms with E-state index < -0.39 is 35.6 Å². The Kier molecular flexibility index (Phi) is 2.81. The third-order valence-electron chi connectivity index (χ3n) is 3.29. The van der Waals surface area contributed by atoms with Crippen LogP contribution in [0.2, 0.25) is 0 Å². The van der Waals surface area contributed by atoms with Crippen molar-refractivity contribution in [2.75, 3.05) is 13.2 Å². The van der Waals surface area contributed by atoms with E-state index in [-0.39, 0.29) is 0 Å². The highest BCUT2D eigenvalue weighted by atomic mass is 16.5. The van der Waals surface area contributed by atoms with Crippen molar-refractivity contribution in [3.63, 3.8) is 0 Å². The van der Waals surface area contributed by atoms with Crippen molar-refractivity contribution < 1.29 is 24.2 Å². The number of hydrogen-bond acceptors (Lipinski definition) is 4. The van der Waals surface area contributed by atoms with E-state index in [0.717, 1.165) is 4.90 Å². The number of nitrogens with zero attached hydrogens (tertiary/aromatic N) is 1.